The fourth-order valence-corrected chi connectivity index (χ4v) is 6.39. The van der Waals surface area contributed by atoms with Crippen LogP contribution in [-0.4, -0.2) is 41.5 Å². The first kappa shape index (κ1) is 34.5. The Morgan fingerprint density at radius 3 is 2.02 bits per heavy atom. The summed E-state index contributed by atoms with van der Waals surface area (Å²) in [4.78, 5) is 42.3. The van der Waals surface area contributed by atoms with E-state index in [1.807, 2.05) is 32.0 Å². The largest absolute Gasteiger partial charge is 0.492 e. The van der Waals surface area contributed by atoms with Crippen molar-refractivity contribution in [2.75, 3.05) is 23.8 Å². The molecule has 5 rings (SSSR count). The number of carbonyl (C=O) groups is 3. The molecule has 0 radical (unpaired) electrons. The zero-order valence-corrected chi connectivity index (χ0v) is 27.8. The molecule has 1 aliphatic rings. The maximum atomic E-state index is 14.3. The lowest BCUT2D eigenvalue weighted by atomic mass is 9.61. The molecule has 0 bridgehead atoms. The maximum absolute atomic E-state index is 14.3. The molecule has 9 nitrogen and oxygen atoms in total. The maximum Gasteiger partial charge on any atom is 0.235 e. The molecule has 3 N–H and O–H groups in total. The van der Waals surface area contributed by atoms with Crippen LogP contribution in [0, 0.1) is 11.8 Å². The van der Waals surface area contributed by atoms with Crippen molar-refractivity contribution in [3.05, 3.63) is 113 Å². The Morgan fingerprint density at radius 2 is 1.40 bits per heavy atom. The molecule has 0 saturated heterocycles. The topological polar surface area (TPSA) is 123 Å². The Balaban J connectivity index is 1.56. The lowest BCUT2D eigenvalue weighted by Crippen LogP contribution is -2.56. The highest BCUT2D eigenvalue weighted by Gasteiger charge is 2.56. The average molecular weight is 671 g/mol. The van der Waals surface area contributed by atoms with E-state index in [9.17, 15) is 19.5 Å². The number of halogens is 1. The third-order valence-electron chi connectivity index (χ3n) is 8.32. The van der Waals surface area contributed by atoms with Crippen molar-refractivity contribution in [1.29, 1.82) is 0 Å². The van der Waals surface area contributed by atoms with E-state index >= 15 is 0 Å². The van der Waals surface area contributed by atoms with Gasteiger partial charge in [0, 0.05) is 22.9 Å². The molecule has 4 aromatic rings. The predicted octanol–water partition coefficient (Wildman–Crippen LogP) is 7.03. The van der Waals surface area contributed by atoms with Crippen LogP contribution in [0.4, 0.5) is 11.4 Å². The van der Waals surface area contributed by atoms with Gasteiger partial charge in [0.15, 0.2) is 0 Å². The highest BCUT2D eigenvalue weighted by Crippen LogP contribution is 2.47. The smallest absolute Gasteiger partial charge is 0.235 e. The van der Waals surface area contributed by atoms with Crippen LogP contribution in [0.1, 0.15) is 44.2 Å². The van der Waals surface area contributed by atoms with E-state index in [1.165, 1.54) is 6.92 Å². The van der Waals surface area contributed by atoms with Gasteiger partial charge in [-0.15, -0.1) is 0 Å². The summed E-state index contributed by atoms with van der Waals surface area (Å²) in [6.07, 6.45) is -0.414. The van der Waals surface area contributed by atoms with E-state index in [1.54, 1.807) is 78.9 Å². The lowest BCUT2D eigenvalue weighted by Gasteiger charge is -2.44. The monoisotopic (exact) mass is 670 g/mol. The Hall–Kier alpha value is -4.86. The second-order valence-corrected chi connectivity index (χ2v) is 12.2. The molecule has 10 heteroatoms. The molecule has 48 heavy (non-hydrogen) atoms. The van der Waals surface area contributed by atoms with Crippen LogP contribution in [0.5, 0.6) is 17.2 Å². The minimum atomic E-state index is -1.80. The molecule has 0 aliphatic heterocycles. The number of carbonyl (C=O) groups excluding carboxylic acids is 3. The number of Topliss-reactive ketones (excluding diaryl/α,β-unsaturated/α-hetero) is 1. The van der Waals surface area contributed by atoms with Crippen molar-refractivity contribution >= 4 is 40.6 Å². The van der Waals surface area contributed by atoms with E-state index < -0.39 is 47.4 Å². The molecule has 1 fully saturated rings. The summed E-state index contributed by atoms with van der Waals surface area (Å²) in [6, 6.07) is 28.1. The average Bonchev–Trinajstić information content (AvgIpc) is 3.05. The molecule has 1 saturated carbocycles. The van der Waals surface area contributed by atoms with E-state index in [0.717, 1.165) is 5.56 Å². The number of anilines is 2. The van der Waals surface area contributed by atoms with Crippen LogP contribution >= 0.6 is 11.6 Å². The van der Waals surface area contributed by atoms with Crippen LogP contribution in [0.25, 0.3) is 0 Å². The number of hydrogen-bond acceptors (Lipinski definition) is 7. The molecule has 250 valence electrons. The minimum absolute atomic E-state index is 0.167. The van der Waals surface area contributed by atoms with Crippen molar-refractivity contribution in [2.45, 2.75) is 45.3 Å². The molecule has 1 aliphatic carbocycles. The van der Waals surface area contributed by atoms with Gasteiger partial charge in [0.05, 0.1) is 36.1 Å². The molecule has 0 aromatic heterocycles. The van der Waals surface area contributed by atoms with Gasteiger partial charge in [-0.1, -0.05) is 66.2 Å². The van der Waals surface area contributed by atoms with E-state index in [4.69, 9.17) is 25.8 Å². The summed E-state index contributed by atoms with van der Waals surface area (Å²) in [6.45, 7) is 6.02. The summed E-state index contributed by atoms with van der Waals surface area (Å²) < 4.78 is 17.5. The fraction of sp³-hybridized carbons (Fsp3) is 0.289. The van der Waals surface area contributed by atoms with Crippen LogP contribution in [0.3, 0.4) is 0 Å². The number of benzene rings is 4. The van der Waals surface area contributed by atoms with Gasteiger partial charge in [-0.25, -0.2) is 0 Å². The van der Waals surface area contributed by atoms with E-state index in [0.29, 0.717) is 52.4 Å². The van der Waals surface area contributed by atoms with E-state index in [2.05, 4.69) is 10.6 Å². The zero-order valence-electron chi connectivity index (χ0n) is 27.1. The first-order valence-electron chi connectivity index (χ1n) is 15.9. The third kappa shape index (κ3) is 7.81. The Labute approximate surface area is 285 Å². The van der Waals surface area contributed by atoms with Crippen molar-refractivity contribution in [3.63, 3.8) is 0 Å². The molecular formula is C38H39ClN2O7. The van der Waals surface area contributed by atoms with Crippen molar-refractivity contribution < 1.29 is 33.7 Å². The fourth-order valence-electron chi connectivity index (χ4n) is 6.20. The minimum Gasteiger partial charge on any atom is -0.492 e. The Morgan fingerprint density at radius 1 is 0.812 bits per heavy atom. The SMILES string of the molecule is CCOc1ccccc1NC(=O)C1C(=O)CC(C)(O)C(C(=O)Nc2ccccc2OCC)C1c1cccc(OCc2ccccc2Cl)c1. The van der Waals surface area contributed by atoms with Gasteiger partial charge in [-0.2, -0.15) is 0 Å². The van der Waals surface area contributed by atoms with Gasteiger partial charge in [0.1, 0.15) is 35.6 Å². The number of hydrogen-bond donors (Lipinski definition) is 3. The molecule has 0 spiro atoms. The van der Waals surface area contributed by atoms with E-state index in [-0.39, 0.29) is 6.61 Å². The number of ketones is 1. The number of amides is 2. The normalized spacial score (nSPS) is 20.4. The van der Waals surface area contributed by atoms with Crippen LogP contribution in [-0.2, 0) is 21.0 Å². The summed E-state index contributed by atoms with van der Waals surface area (Å²) in [7, 11) is 0. The number of ether oxygens (including phenoxy) is 3. The number of nitrogens with one attached hydrogen (secondary N) is 2. The molecule has 0 heterocycles. The molecular weight excluding hydrogens is 632 g/mol. The van der Waals surface area contributed by atoms with Gasteiger partial charge in [0.2, 0.25) is 11.8 Å². The first-order valence-corrected chi connectivity index (χ1v) is 16.3. The number of para-hydroxylation sites is 4. The van der Waals surface area contributed by atoms with Gasteiger partial charge in [-0.3, -0.25) is 14.4 Å². The Bertz CT molecular complexity index is 1780. The van der Waals surface area contributed by atoms with Gasteiger partial charge < -0.3 is 30.0 Å². The summed E-state index contributed by atoms with van der Waals surface area (Å²) in [5, 5.41) is 18.1. The van der Waals surface area contributed by atoms with Crippen LogP contribution in [0.15, 0.2) is 97.1 Å². The van der Waals surface area contributed by atoms with Crippen molar-refractivity contribution in [1.82, 2.24) is 0 Å². The predicted molar refractivity (Wildman–Crippen MR) is 185 cm³/mol. The van der Waals surface area contributed by atoms with Gasteiger partial charge in [-0.05, 0) is 68.8 Å². The quantitative estimate of drug-likeness (QED) is 0.138. The molecule has 4 aromatic carbocycles. The summed E-state index contributed by atoms with van der Waals surface area (Å²) >= 11 is 6.34. The Kier molecular flexibility index (Phi) is 11.0. The van der Waals surface area contributed by atoms with Crippen molar-refractivity contribution in [3.8, 4) is 17.2 Å². The first-order chi connectivity index (χ1) is 23.1. The van der Waals surface area contributed by atoms with Gasteiger partial charge in [0.25, 0.3) is 0 Å². The highest BCUT2D eigenvalue weighted by atomic mass is 35.5. The second-order valence-electron chi connectivity index (χ2n) is 11.8. The van der Waals surface area contributed by atoms with Crippen LogP contribution < -0.4 is 24.8 Å². The number of aliphatic hydroxyl groups is 1. The number of rotatable bonds is 12. The molecule has 2 amide bonds. The molecule has 4 unspecified atom stereocenters. The van der Waals surface area contributed by atoms with Gasteiger partial charge >= 0.3 is 0 Å². The third-order valence-corrected chi connectivity index (χ3v) is 8.69. The van der Waals surface area contributed by atoms with Crippen molar-refractivity contribution in [2.24, 2.45) is 11.8 Å². The summed E-state index contributed by atoms with van der Waals surface area (Å²) in [5.41, 5.74) is 0.226. The summed E-state index contributed by atoms with van der Waals surface area (Å²) in [5.74, 6) is -4.02. The van der Waals surface area contributed by atoms with Crippen LogP contribution in [0.2, 0.25) is 5.02 Å². The standard InChI is InChI=1S/C38H39ClN2O7/c1-4-46-31-19-10-8-17-28(31)40-36(43)34-30(42)22-38(3,45)35(37(44)41-29-18-9-11-20-32(29)47-5-2)33(34)24-14-12-15-26(21-24)48-23-25-13-6-7-16-27(25)39/h6-21,33-35,45H,4-5,22-23H2,1-3H3,(H,40,43)(H,41,44). The zero-order chi connectivity index (χ0) is 34.3. The molecule has 4 atom stereocenters. The lowest BCUT2D eigenvalue weighted by molar-refractivity contribution is -0.150. The highest BCUT2D eigenvalue weighted by molar-refractivity contribution is 6.31. The second kappa shape index (κ2) is 15.4.